The molecule has 0 spiro atoms. The summed E-state index contributed by atoms with van der Waals surface area (Å²) in [5, 5.41) is 7.11. The summed E-state index contributed by atoms with van der Waals surface area (Å²) >= 11 is 0. The molecule has 0 aliphatic heterocycles. The molecule has 0 saturated carbocycles. The van der Waals surface area contributed by atoms with Crippen LogP contribution in [-0.4, -0.2) is 15.9 Å². The first kappa shape index (κ1) is 23.8. The maximum Gasteiger partial charge on any atom is 0.255 e. The molecule has 1 aromatic heterocycles. The molecular formula is C30H27N5O2. The number of amides is 1. The Morgan fingerprint density at radius 1 is 0.892 bits per heavy atom. The van der Waals surface area contributed by atoms with E-state index in [9.17, 15) is 4.79 Å². The number of carbonyl (C=O) groups is 1. The minimum absolute atomic E-state index is 0.218. The average molecular weight is 490 g/mol. The molecule has 4 N–H and O–H groups in total. The maximum absolute atomic E-state index is 12.6. The lowest BCUT2D eigenvalue weighted by atomic mass is 10.1. The molecule has 0 aliphatic rings. The normalized spacial score (nSPS) is 10.7. The Labute approximate surface area is 215 Å². The van der Waals surface area contributed by atoms with Gasteiger partial charge in [-0.15, -0.1) is 0 Å². The monoisotopic (exact) mass is 489 g/mol. The molecule has 5 rings (SSSR count). The smallest absolute Gasteiger partial charge is 0.255 e. The first-order valence-electron chi connectivity index (χ1n) is 12.1. The summed E-state index contributed by atoms with van der Waals surface area (Å²) in [7, 11) is 0. The highest BCUT2D eigenvalue weighted by molar-refractivity contribution is 6.05. The van der Waals surface area contributed by atoms with Crippen LogP contribution >= 0.6 is 0 Å². The zero-order valence-corrected chi connectivity index (χ0v) is 20.4. The number of nitrogens with two attached hydrogens (primary N) is 1. The van der Waals surface area contributed by atoms with Crippen LogP contribution in [0.2, 0.25) is 0 Å². The van der Waals surface area contributed by atoms with E-state index in [4.69, 9.17) is 10.5 Å². The van der Waals surface area contributed by atoms with Gasteiger partial charge in [0.2, 0.25) is 0 Å². The summed E-state index contributed by atoms with van der Waals surface area (Å²) < 4.78 is 6.05. The fraction of sp³-hybridized carbons (Fsp3) is 0.100. The number of hydrogen-bond donors (Lipinski definition) is 3. The van der Waals surface area contributed by atoms with Crippen molar-refractivity contribution in [2.24, 2.45) is 0 Å². The molecule has 37 heavy (non-hydrogen) atoms. The van der Waals surface area contributed by atoms with Crippen molar-refractivity contribution < 1.29 is 9.53 Å². The minimum atomic E-state index is -0.218. The number of carbonyl (C=O) groups excluding carboxylic acids is 1. The van der Waals surface area contributed by atoms with Crippen molar-refractivity contribution in [2.45, 2.75) is 20.0 Å². The molecule has 184 valence electrons. The summed E-state index contributed by atoms with van der Waals surface area (Å²) in [6.07, 6.45) is 2.52. The van der Waals surface area contributed by atoms with Gasteiger partial charge in [-0.2, -0.15) is 0 Å². The van der Waals surface area contributed by atoms with Crippen LogP contribution in [0, 0.1) is 0 Å². The molecule has 0 unspecified atom stereocenters. The Balaban J connectivity index is 1.27. The third-order valence-corrected chi connectivity index (χ3v) is 6.04. The third kappa shape index (κ3) is 5.67. The van der Waals surface area contributed by atoms with Gasteiger partial charge in [-0.1, -0.05) is 43.3 Å². The Morgan fingerprint density at radius 2 is 1.73 bits per heavy atom. The van der Waals surface area contributed by atoms with Gasteiger partial charge < -0.3 is 21.1 Å². The number of para-hydroxylation sites is 2. The van der Waals surface area contributed by atoms with E-state index in [1.807, 2.05) is 54.6 Å². The predicted molar refractivity (Wildman–Crippen MR) is 148 cm³/mol. The Bertz CT molecular complexity index is 1550. The lowest BCUT2D eigenvalue weighted by Crippen LogP contribution is -2.13. The lowest BCUT2D eigenvalue weighted by Gasteiger charge is -2.12. The van der Waals surface area contributed by atoms with E-state index >= 15 is 0 Å². The number of benzene rings is 4. The van der Waals surface area contributed by atoms with Crippen LogP contribution in [0.15, 0.2) is 97.3 Å². The van der Waals surface area contributed by atoms with Crippen LogP contribution in [0.5, 0.6) is 5.75 Å². The molecule has 0 aliphatic carbocycles. The van der Waals surface area contributed by atoms with E-state index in [-0.39, 0.29) is 5.91 Å². The van der Waals surface area contributed by atoms with Crippen LogP contribution in [-0.2, 0) is 13.0 Å². The zero-order chi connectivity index (χ0) is 25.6. The van der Waals surface area contributed by atoms with Crippen LogP contribution in [0.25, 0.3) is 10.9 Å². The van der Waals surface area contributed by atoms with E-state index in [1.54, 1.807) is 30.6 Å². The largest absolute Gasteiger partial charge is 0.489 e. The highest BCUT2D eigenvalue weighted by Crippen LogP contribution is 2.27. The fourth-order valence-electron chi connectivity index (χ4n) is 3.96. The number of nitrogens with zero attached hydrogens (tertiary/aromatic N) is 2. The lowest BCUT2D eigenvalue weighted by molar-refractivity contribution is 0.102. The first-order valence-corrected chi connectivity index (χ1v) is 12.1. The van der Waals surface area contributed by atoms with Gasteiger partial charge in [-0.25, -0.2) is 9.97 Å². The topological polar surface area (TPSA) is 102 Å². The molecule has 0 saturated heterocycles. The Hall–Kier alpha value is -4.91. The van der Waals surface area contributed by atoms with Gasteiger partial charge in [0.15, 0.2) is 0 Å². The third-order valence-electron chi connectivity index (χ3n) is 6.04. The second-order valence-corrected chi connectivity index (χ2v) is 8.61. The number of aromatic nitrogens is 2. The van der Waals surface area contributed by atoms with E-state index in [2.05, 4.69) is 39.7 Å². The summed E-state index contributed by atoms with van der Waals surface area (Å²) in [5.74, 6) is 1.21. The second-order valence-electron chi connectivity index (χ2n) is 8.61. The highest BCUT2D eigenvalue weighted by Gasteiger charge is 2.09. The number of anilines is 4. The second kappa shape index (κ2) is 10.8. The average Bonchev–Trinajstić information content (AvgIpc) is 2.93. The van der Waals surface area contributed by atoms with Crippen molar-refractivity contribution in [2.75, 3.05) is 16.4 Å². The van der Waals surface area contributed by atoms with E-state index < -0.39 is 0 Å². The maximum atomic E-state index is 12.6. The number of ether oxygens (including phenoxy) is 1. The van der Waals surface area contributed by atoms with Gasteiger partial charge in [-0.3, -0.25) is 4.79 Å². The first-order chi connectivity index (χ1) is 18.1. The van der Waals surface area contributed by atoms with Gasteiger partial charge in [0.25, 0.3) is 5.91 Å². The summed E-state index contributed by atoms with van der Waals surface area (Å²) in [4.78, 5) is 21.4. The van der Waals surface area contributed by atoms with Crippen LogP contribution in [0.3, 0.4) is 0 Å². The molecule has 0 radical (unpaired) electrons. The van der Waals surface area contributed by atoms with Gasteiger partial charge in [-0.05, 0) is 72.1 Å². The van der Waals surface area contributed by atoms with Crippen LogP contribution in [0.4, 0.5) is 22.9 Å². The summed E-state index contributed by atoms with van der Waals surface area (Å²) in [6, 6.07) is 28.5. The van der Waals surface area contributed by atoms with Crippen molar-refractivity contribution in [1.82, 2.24) is 9.97 Å². The van der Waals surface area contributed by atoms with E-state index in [0.717, 1.165) is 34.4 Å². The highest BCUT2D eigenvalue weighted by atomic mass is 16.5. The molecule has 0 atom stereocenters. The van der Waals surface area contributed by atoms with Crippen molar-refractivity contribution in [3.8, 4) is 5.75 Å². The quantitative estimate of drug-likeness (QED) is 0.220. The number of hydrogen-bond acceptors (Lipinski definition) is 6. The molecule has 5 aromatic rings. The van der Waals surface area contributed by atoms with E-state index in [0.29, 0.717) is 29.3 Å². The molecule has 4 aromatic carbocycles. The van der Waals surface area contributed by atoms with Gasteiger partial charge >= 0.3 is 0 Å². The number of nitrogen functional groups attached to an aromatic ring is 1. The minimum Gasteiger partial charge on any atom is -0.489 e. The molecule has 1 amide bonds. The Kier molecular flexibility index (Phi) is 6.94. The molecule has 7 nitrogen and oxygen atoms in total. The van der Waals surface area contributed by atoms with Gasteiger partial charge in [0.05, 0.1) is 16.9 Å². The van der Waals surface area contributed by atoms with Crippen molar-refractivity contribution in [1.29, 1.82) is 0 Å². The predicted octanol–water partition coefficient (Wildman–Crippen LogP) is 6.35. The van der Waals surface area contributed by atoms with Crippen LogP contribution in [0.1, 0.15) is 28.4 Å². The number of nitrogens with one attached hydrogen (secondary N) is 2. The molecule has 0 fully saturated rings. The van der Waals surface area contributed by atoms with Crippen molar-refractivity contribution >= 4 is 39.7 Å². The fourth-order valence-corrected chi connectivity index (χ4v) is 3.96. The molecule has 0 bridgehead atoms. The van der Waals surface area contributed by atoms with Gasteiger partial charge in [0, 0.05) is 16.6 Å². The summed E-state index contributed by atoms with van der Waals surface area (Å²) in [5.41, 5.74) is 11.6. The number of rotatable bonds is 8. The standard InChI is InChI=1S/C30H27N5O2/c1-2-20-6-5-7-23(16-20)34-29-25-17-24(14-15-27(25)32-19-33-29)37-18-21-10-12-22(13-11-21)30(36)35-28-9-4-3-8-26(28)31/h3-17,19H,2,18,31H2,1H3,(H,35,36)(H,32,33,34). The van der Waals surface area contributed by atoms with Crippen molar-refractivity contribution in [3.05, 3.63) is 114 Å². The molecule has 1 heterocycles. The van der Waals surface area contributed by atoms with Gasteiger partial charge in [0.1, 0.15) is 24.5 Å². The SMILES string of the molecule is CCc1cccc(Nc2ncnc3ccc(OCc4ccc(C(=O)Nc5ccccc5N)cc4)cc23)c1. The van der Waals surface area contributed by atoms with Crippen LogP contribution < -0.4 is 21.1 Å². The Morgan fingerprint density at radius 3 is 2.54 bits per heavy atom. The number of aryl methyl sites for hydroxylation is 1. The number of fused-ring (bicyclic) bond motifs is 1. The molecular weight excluding hydrogens is 462 g/mol. The van der Waals surface area contributed by atoms with E-state index in [1.165, 1.54) is 5.56 Å². The van der Waals surface area contributed by atoms with Crippen molar-refractivity contribution in [3.63, 3.8) is 0 Å². The molecule has 7 heteroatoms. The zero-order valence-electron chi connectivity index (χ0n) is 20.4. The summed E-state index contributed by atoms with van der Waals surface area (Å²) in [6.45, 7) is 2.49.